The van der Waals surface area contributed by atoms with Gasteiger partial charge in [0.25, 0.3) is 0 Å². The molecule has 1 aliphatic rings. The first-order valence-corrected chi connectivity index (χ1v) is 10.9. The maximum Gasteiger partial charge on any atom is 0.223 e. The molecule has 0 radical (unpaired) electrons. The minimum atomic E-state index is -0.00449. The van der Waals surface area contributed by atoms with Crippen molar-refractivity contribution in [2.24, 2.45) is 13.0 Å². The van der Waals surface area contributed by atoms with Crippen LogP contribution in [0.25, 0.3) is 11.0 Å². The van der Waals surface area contributed by atoms with Crippen LogP contribution < -0.4 is 10.6 Å². The molecule has 4 rings (SSSR count). The SMILES string of the molecule is Cn1c(CNC(=O)C2CCC(NC(=O)CCCn3cncn3)CC2)nc2ccccc21. The summed E-state index contributed by atoms with van der Waals surface area (Å²) in [6.45, 7) is 1.11. The highest BCUT2D eigenvalue weighted by Crippen LogP contribution is 2.25. The summed E-state index contributed by atoms with van der Waals surface area (Å²) in [5.74, 6) is 0.982. The van der Waals surface area contributed by atoms with Gasteiger partial charge in [-0.3, -0.25) is 14.3 Å². The second-order valence-corrected chi connectivity index (χ2v) is 8.17. The summed E-state index contributed by atoms with van der Waals surface area (Å²) in [5.41, 5.74) is 2.00. The molecule has 0 spiro atoms. The topological polar surface area (TPSA) is 107 Å². The van der Waals surface area contributed by atoms with E-state index >= 15 is 0 Å². The van der Waals surface area contributed by atoms with Crippen molar-refractivity contribution >= 4 is 22.8 Å². The van der Waals surface area contributed by atoms with Gasteiger partial charge in [0, 0.05) is 32.0 Å². The lowest BCUT2D eigenvalue weighted by molar-refractivity contribution is -0.126. The smallest absolute Gasteiger partial charge is 0.223 e. The fraction of sp³-hybridized carbons (Fsp3) is 0.500. The molecule has 0 bridgehead atoms. The number of carbonyl (C=O) groups excluding carboxylic acids is 2. The Morgan fingerprint density at radius 2 is 1.97 bits per heavy atom. The zero-order valence-electron chi connectivity index (χ0n) is 17.8. The van der Waals surface area contributed by atoms with Crippen molar-refractivity contribution in [3.8, 4) is 0 Å². The van der Waals surface area contributed by atoms with E-state index in [4.69, 9.17) is 0 Å². The predicted molar refractivity (Wildman–Crippen MR) is 116 cm³/mol. The highest BCUT2D eigenvalue weighted by Gasteiger charge is 2.27. The maximum atomic E-state index is 12.6. The Hall–Kier alpha value is -3.23. The van der Waals surface area contributed by atoms with Crippen molar-refractivity contribution in [2.45, 2.75) is 57.7 Å². The summed E-state index contributed by atoms with van der Waals surface area (Å²) in [5, 5.41) is 10.2. The second-order valence-electron chi connectivity index (χ2n) is 8.17. The number of aryl methyl sites for hydroxylation is 2. The third-order valence-corrected chi connectivity index (χ3v) is 6.02. The Bertz CT molecular complexity index is 1020. The van der Waals surface area contributed by atoms with E-state index in [0.717, 1.165) is 49.0 Å². The number of rotatable bonds is 8. The summed E-state index contributed by atoms with van der Waals surface area (Å²) >= 11 is 0. The third kappa shape index (κ3) is 5.28. The number of imidazole rings is 1. The molecule has 0 saturated heterocycles. The first-order chi connectivity index (χ1) is 15.1. The molecule has 164 valence electrons. The fourth-order valence-electron chi connectivity index (χ4n) is 4.21. The highest BCUT2D eigenvalue weighted by molar-refractivity contribution is 5.79. The number of hydrogen-bond donors (Lipinski definition) is 2. The number of aromatic nitrogens is 5. The number of para-hydroxylation sites is 2. The predicted octanol–water partition coefficient (Wildman–Crippen LogP) is 1.94. The molecule has 0 atom stereocenters. The van der Waals surface area contributed by atoms with Gasteiger partial charge in [-0.15, -0.1) is 0 Å². The van der Waals surface area contributed by atoms with E-state index in [1.54, 1.807) is 11.0 Å². The molecule has 9 nitrogen and oxygen atoms in total. The molecule has 1 aromatic carbocycles. The lowest BCUT2D eigenvalue weighted by Crippen LogP contribution is -2.40. The van der Waals surface area contributed by atoms with Gasteiger partial charge in [-0.1, -0.05) is 12.1 Å². The summed E-state index contributed by atoms with van der Waals surface area (Å²) < 4.78 is 3.75. The van der Waals surface area contributed by atoms with Crippen LogP contribution >= 0.6 is 0 Å². The first kappa shape index (κ1) is 21.0. The number of amides is 2. The van der Waals surface area contributed by atoms with Crippen molar-refractivity contribution in [1.29, 1.82) is 0 Å². The summed E-state index contributed by atoms with van der Waals surface area (Å²) in [6, 6.07) is 8.11. The number of benzene rings is 1. The van der Waals surface area contributed by atoms with Crippen LogP contribution in [-0.2, 0) is 29.7 Å². The molecule has 2 amide bonds. The van der Waals surface area contributed by atoms with Crippen molar-refractivity contribution < 1.29 is 9.59 Å². The molecule has 2 heterocycles. The minimum absolute atomic E-state index is 0.00449. The molecule has 2 N–H and O–H groups in total. The van der Waals surface area contributed by atoms with Crippen molar-refractivity contribution in [3.63, 3.8) is 0 Å². The van der Waals surface area contributed by atoms with Crippen LogP contribution in [0.15, 0.2) is 36.9 Å². The second kappa shape index (κ2) is 9.72. The molecule has 9 heteroatoms. The van der Waals surface area contributed by atoms with Gasteiger partial charge in [0.15, 0.2) is 0 Å². The van der Waals surface area contributed by atoms with Gasteiger partial charge in [-0.2, -0.15) is 5.10 Å². The third-order valence-electron chi connectivity index (χ3n) is 6.02. The van der Waals surface area contributed by atoms with E-state index in [1.165, 1.54) is 6.33 Å². The average Bonchev–Trinajstić information content (AvgIpc) is 3.41. The van der Waals surface area contributed by atoms with E-state index in [2.05, 4.69) is 25.7 Å². The van der Waals surface area contributed by atoms with E-state index in [-0.39, 0.29) is 23.8 Å². The average molecular weight is 424 g/mol. The van der Waals surface area contributed by atoms with Crippen molar-refractivity contribution in [2.75, 3.05) is 0 Å². The maximum absolute atomic E-state index is 12.6. The summed E-state index contributed by atoms with van der Waals surface area (Å²) in [6.07, 6.45) is 7.59. The van der Waals surface area contributed by atoms with E-state index in [1.807, 2.05) is 35.9 Å². The number of hydrogen-bond acceptors (Lipinski definition) is 5. The quantitative estimate of drug-likeness (QED) is 0.576. The zero-order valence-corrected chi connectivity index (χ0v) is 17.8. The van der Waals surface area contributed by atoms with E-state index < -0.39 is 0 Å². The Morgan fingerprint density at radius 3 is 2.71 bits per heavy atom. The minimum Gasteiger partial charge on any atom is -0.353 e. The van der Waals surface area contributed by atoms with Crippen molar-refractivity contribution in [3.05, 3.63) is 42.7 Å². The molecule has 3 aromatic rings. The number of nitrogens with zero attached hydrogens (tertiary/aromatic N) is 5. The molecule has 31 heavy (non-hydrogen) atoms. The summed E-state index contributed by atoms with van der Waals surface area (Å²) in [7, 11) is 1.97. The van der Waals surface area contributed by atoms with Crippen molar-refractivity contribution in [1.82, 2.24) is 34.9 Å². The zero-order chi connectivity index (χ0) is 21.6. The van der Waals surface area contributed by atoms with Gasteiger partial charge in [0.05, 0.1) is 17.6 Å². The lowest BCUT2D eigenvalue weighted by atomic mass is 9.85. The molecule has 1 saturated carbocycles. The van der Waals surface area contributed by atoms with Crippen LogP contribution in [0, 0.1) is 5.92 Å². The molecule has 1 aliphatic carbocycles. The number of fused-ring (bicyclic) bond motifs is 1. The van der Waals surface area contributed by atoms with Crippen LogP contribution in [-0.4, -0.2) is 42.2 Å². The Kier molecular flexibility index (Phi) is 6.59. The van der Waals surface area contributed by atoms with E-state index in [9.17, 15) is 9.59 Å². The molecule has 2 aromatic heterocycles. The van der Waals surface area contributed by atoms with Crippen LogP contribution in [0.2, 0.25) is 0 Å². The normalized spacial score (nSPS) is 18.7. The molecular weight excluding hydrogens is 394 g/mol. The van der Waals surface area contributed by atoms with Gasteiger partial charge < -0.3 is 15.2 Å². The molecular formula is C22H29N7O2. The largest absolute Gasteiger partial charge is 0.353 e. The summed E-state index contributed by atoms with van der Waals surface area (Å²) in [4.78, 5) is 33.3. The van der Waals surface area contributed by atoms with Gasteiger partial charge in [-0.25, -0.2) is 9.97 Å². The Morgan fingerprint density at radius 1 is 1.16 bits per heavy atom. The standard InChI is InChI=1S/C22H29N7O2/c1-28-19-6-3-2-5-18(19)27-20(28)13-24-22(31)16-8-10-17(11-9-16)26-21(30)7-4-12-29-15-23-14-25-29/h2-3,5-6,14-17H,4,7-13H2,1H3,(H,24,31)(H,26,30). The van der Waals surface area contributed by atoms with Gasteiger partial charge in [-0.05, 0) is 44.2 Å². The monoisotopic (exact) mass is 423 g/mol. The molecule has 0 aliphatic heterocycles. The van der Waals surface area contributed by atoms with Crippen LogP contribution in [0.5, 0.6) is 0 Å². The van der Waals surface area contributed by atoms with Gasteiger partial charge in [0.2, 0.25) is 11.8 Å². The van der Waals surface area contributed by atoms with Gasteiger partial charge in [0.1, 0.15) is 18.5 Å². The Balaban J connectivity index is 1.17. The van der Waals surface area contributed by atoms with Crippen LogP contribution in [0.4, 0.5) is 0 Å². The highest BCUT2D eigenvalue weighted by atomic mass is 16.2. The van der Waals surface area contributed by atoms with E-state index in [0.29, 0.717) is 19.5 Å². The Labute approximate surface area is 181 Å². The van der Waals surface area contributed by atoms with Gasteiger partial charge >= 0.3 is 0 Å². The fourth-order valence-corrected chi connectivity index (χ4v) is 4.21. The number of carbonyl (C=O) groups is 2. The molecule has 0 unspecified atom stereocenters. The molecule has 1 fully saturated rings. The number of nitrogens with one attached hydrogen (secondary N) is 2. The van der Waals surface area contributed by atoms with Crippen LogP contribution in [0.3, 0.4) is 0 Å². The van der Waals surface area contributed by atoms with Crippen LogP contribution in [0.1, 0.15) is 44.3 Å². The lowest BCUT2D eigenvalue weighted by Gasteiger charge is -2.28. The first-order valence-electron chi connectivity index (χ1n) is 10.9.